The molecule has 0 fully saturated rings. The van der Waals surface area contributed by atoms with E-state index in [-0.39, 0.29) is 44.2 Å². The summed E-state index contributed by atoms with van der Waals surface area (Å²) in [7, 11) is -15.6. The minimum absolute atomic E-state index is 0.131. The Hall–Kier alpha value is -5.78. The molecule has 0 aliphatic rings. The fraction of sp³-hybridized carbons (Fsp3) is 0. The third-order valence-corrected chi connectivity index (χ3v) is 11.4. The van der Waals surface area contributed by atoms with E-state index in [1.54, 1.807) is 6.07 Å². The van der Waals surface area contributed by atoms with E-state index in [9.17, 15) is 44.0 Å². The van der Waals surface area contributed by atoms with Crippen LogP contribution in [0.25, 0.3) is 21.5 Å². The average molecular weight is 927 g/mol. The molecule has 314 valence electrons. The van der Waals surface area contributed by atoms with E-state index in [1.165, 1.54) is 24.3 Å². The van der Waals surface area contributed by atoms with Crippen LogP contribution in [0.15, 0.2) is 112 Å². The van der Waals surface area contributed by atoms with E-state index in [4.69, 9.17) is 22.0 Å². The van der Waals surface area contributed by atoms with Crippen LogP contribution in [0, 0.1) is 0 Å². The van der Waals surface area contributed by atoms with Gasteiger partial charge in [0.25, 0.3) is 30.4 Å². The number of aromatic hydroxyl groups is 1. The summed E-state index contributed by atoms with van der Waals surface area (Å²) in [5.41, 5.74) is 9.40. The van der Waals surface area contributed by atoms with Gasteiger partial charge in [0.15, 0.2) is 5.75 Å². The van der Waals surface area contributed by atoms with Gasteiger partial charge in [-0.05, 0) is 53.9 Å². The lowest BCUT2D eigenvalue weighted by Crippen LogP contribution is -2.08. The zero-order chi connectivity index (χ0) is 43.6. The van der Waals surface area contributed by atoms with E-state index < -0.39 is 91.4 Å². The highest BCUT2D eigenvalue weighted by atomic mass is 32.2. The molecule has 0 spiro atoms. The number of rotatable bonds is 15. The van der Waals surface area contributed by atoms with Crippen LogP contribution in [-0.2, 0) is 49.1 Å². The molecule has 0 saturated heterocycles. The SMILES string of the molecule is Nc1nc(N)nc(Nc2c(/N=N/c3cccc4c(S(=O)(=O)O)cc(S(=O)(=O)O)cc34)c(S(=O)(=O)O)cc3cc(SOOO)c(/N=N/c4cccc(SOOO)c4)c(O)c23)n1. The first-order valence-corrected chi connectivity index (χ1v) is 21.2. The van der Waals surface area contributed by atoms with Crippen LogP contribution in [0.4, 0.5) is 46.3 Å². The van der Waals surface area contributed by atoms with Crippen molar-refractivity contribution in [1.82, 2.24) is 15.0 Å². The third-order valence-electron chi connectivity index (χ3n) is 7.60. The van der Waals surface area contributed by atoms with Crippen molar-refractivity contribution in [2.24, 2.45) is 20.5 Å². The molecular weight excluding hydrogens is 905 g/mol. The van der Waals surface area contributed by atoms with Gasteiger partial charge in [-0.3, -0.25) is 13.7 Å². The molecule has 0 saturated carbocycles. The van der Waals surface area contributed by atoms with Gasteiger partial charge in [0.05, 0.1) is 56.3 Å². The summed E-state index contributed by atoms with van der Waals surface area (Å²) in [6.07, 6.45) is 0. The normalized spacial score (nSPS) is 12.6. The monoisotopic (exact) mass is 926 g/mol. The molecule has 5 aromatic carbocycles. The number of hydrogen-bond acceptors (Lipinski definition) is 25. The van der Waals surface area contributed by atoms with Crippen LogP contribution in [0.2, 0.25) is 0 Å². The van der Waals surface area contributed by atoms with Crippen molar-refractivity contribution in [2.75, 3.05) is 16.8 Å². The number of hydrogen-bond donors (Lipinski definition) is 9. The number of nitrogens with two attached hydrogens (primary N) is 2. The smallest absolute Gasteiger partial charge is 0.296 e. The van der Waals surface area contributed by atoms with Crippen molar-refractivity contribution in [1.29, 1.82) is 0 Å². The van der Waals surface area contributed by atoms with Gasteiger partial charge in [0.2, 0.25) is 17.8 Å². The number of nitrogen functional groups attached to an aromatic ring is 2. The van der Waals surface area contributed by atoms with Crippen LogP contribution >= 0.6 is 24.1 Å². The largest absolute Gasteiger partial charge is 0.505 e. The summed E-state index contributed by atoms with van der Waals surface area (Å²) in [5, 5.41) is 54.1. The first kappa shape index (κ1) is 43.8. The Morgan fingerprint density at radius 1 is 0.667 bits per heavy atom. The first-order valence-electron chi connectivity index (χ1n) is 15.4. The van der Waals surface area contributed by atoms with Gasteiger partial charge < -0.3 is 21.9 Å². The Morgan fingerprint density at radius 2 is 1.32 bits per heavy atom. The lowest BCUT2D eigenvalue weighted by Gasteiger charge is -2.17. The van der Waals surface area contributed by atoms with E-state index in [0.29, 0.717) is 23.0 Å². The molecular formula is C29H22N10O16S5. The quantitative estimate of drug-likeness (QED) is 0.0181. The lowest BCUT2D eigenvalue weighted by atomic mass is 10.0. The molecule has 0 unspecified atom stereocenters. The van der Waals surface area contributed by atoms with Crippen LogP contribution < -0.4 is 16.8 Å². The predicted molar refractivity (Wildman–Crippen MR) is 207 cm³/mol. The second-order valence-electron chi connectivity index (χ2n) is 11.3. The van der Waals surface area contributed by atoms with E-state index in [2.05, 4.69) is 59.5 Å². The number of phenolic OH excluding ortho intramolecular Hbond substituents is 1. The molecule has 0 aliphatic heterocycles. The minimum atomic E-state index is -5.35. The van der Waals surface area contributed by atoms with Crippen molar-refractivity contribution in [3.8, 4) is 5.75 Å². The van der Waals surface area contributed by atoms with Gasteiger partial charge in [-0.1, -0.05) is 28.3 Å². The first-order chi connectivity index (χ1) is 28.3. The zero-order valence-electron chi connectivity index (χ0n) is 28.9. The van der Waals surface area contributed by atoms with Crippen molar-refractivity contribution in [3.63, 3.8) is 0 Å². The van der Waals surface area contributed by atoms with Crippen LogP contribution in [0.1, 0.15) is 0 Å². The molecule has 0 radical (unpaired) electrons. The summed E-state index contributed by atoms with van der Waals surface area (Å²) in [6, 6.07) is 12.7. The van der Waals surface area contributed by atoms with Crippen molar-refractivity contribution in [2.45, 2.75) is 24.5 Å². The molecule has 6 rings (SSSR count). The van der Waals surface area contributed by atoms with Gasteiger partial charge in [-0.15, -0.1) is 24.0 Å². The number of phenols is 1. The maximum Gasteiger partial charge on any atom is 0.296 e. The molecule has 1 aromatic heterocycles. The second-order valence-corrected chi connectivity index (χ2v) is 17.1. The number of aromatic nitrogens is 3. The maximum atomic E-state index is 13.1. The van der Waals surface area contributed by atoms with E-state index >= 15 is 0 Å². The lowest BCUT2D eigenvalue weighted by molar-refractivity contribution is -0.432. The number of benzene rings is 5. The van der Waals surface area contributed by atoms with Gasteiger partial charge in [0, 0.05) is 15.7 Å². The Labute approximate surface area is 343 Å². The Balaban J connectivity index is 1.68. The molecule has 26 nitrogen and oxygen atoms in total. The summed E-state index contributed by atoms with van der Waals surface area (Å²) < 4.78 is 114. The van der Waals surface area contributed by atoms with Gasteiger partial charge in [-0.25, -0.2) is 10.5 Å². The summed E-state index contributed by atoms with van der Waals surface area (Å²) in [6.45, 7) is 0. The van der Waals surface area contributed by atoms with Gasteiger partial charge in [0.1, 0.15) is 21.2 Å². The maximum absolute atomic E-state index is 13.1. The molecule has 0 atom stereocenters. The Bertz CT molecular complexity index is 3070. The zero-order valence-corrected chi connectivity index (χ0v) is 33.0. The van der Waals surface area contributed by atoms with Crippen LogP contribution in [-0.4, -0.2) is 69.5 Å². The number of anilines is 4. The number of nitrogens with zero attached hydrogens (tertiary/aromatic N) is 7. The highest BCUT2D eigenvalue weighted by Gasteiger charge is 2.28. The molecule has 31 heteroatoms. The Morgan fingerprint density at radius 3 is 1.97 bits per heavy atom. The second kappa shape index (κ2) is 17.4. The van der Waals surface area contributed by atoms with E-state index in [1.807, 2.05) is 0 Å². The molecule has 6 aromatic rings. The van der Waals surface area contributed by atoms with Crippen LogP contribution in [0.3, 0.4) is 0 Å². The molecule has 0 bridgehead atoms. The molecule has 0 amide bonds. The summed E-state index contributed by atoms with van der Waals surface area (Å²) >= 11 is 0.848. The number of nitrogens with one attached hydrogen (secondary N) is 1. The Kier molecular flexibility index (Phi) is 12.7. The summed E-state index contributed by atoms with van der Waals surface area (Å²) in [4.78, 5) is 8.64. The van der Waals surface area contributed by atoms with E-state index in [0.717, 1.165) is 30.3 Å². The van der Waals surface area contributed by atoms with Crippen molar-refractivity contribution < 1.29 is 73.3 Å². The standard InChI is InChI=1S/C29H22N10O16S5/c30-27-33-28(31)35-29(34-27)32-25-22-12(7-19(57-55-53-42)23(26(22)40)38-36-13-3-1-4-14(9-13)56-54-52-41)8-21(60(49,50)51)24(25)39-37-18-6-2-5-16-17(18)10-15(58(43,44)45)11-20(16)59(46,47)48/h1-11,40-42H,(H,43,44,45)(H,46,47,48)(H,49,50,51)(H5,30,31,32,33,34,35)/b38-36+,39-37+. The average Bonchev–Trinajstić information content (AvgIpc) is 3.16. The highest BCUT2D eigenvalue weighted by Crippen LogP contribution is 2.51. The van der Waals surface area contributed by atoms with Gasteiger partial charge in [-0.2, -0.15) is 45.3 Å². The number of fused-ring (bicyclic) bond motifs is 2. The van der Waals surface area contributed by atoms with Gasteiger partial charge >= 0.3 is 0 Å². The summed E-state index contributed by atoms with van der Waals surface area (Å²) in [5.74, 6) is -2.22. The molecule has 0 aliphatic carbocycles. The fourth-order valence-corrected chi connectivity index (χ4v) is 8.22. The third kappa shape index (κ3) is 9.80. The van der Waals surface area contributed by atoms with Crippen LogP contribution in [0.5, 0.6) is 5.75 Å². The molecule has 60 heavy (non-hydrogen) atoms. The van der Waals surface area contributed by atoms with Crippen molar-refractivity contribution in [3.05, 3.63) is 66.7 Å². The minimum Gasteiger partial charge on any atom is -0.505 e. The number of azo groups is 2. The topological polar surface area (TPSA) is 413 Å². The van der Waals surface area contributed by atoms with Crippen molar-refractivity contribution >= 4 is 122 Å². The highest BCUT2D eigenvalue weighted by molar-refractivity contribution is 7.95. The fourth-order valence-electron chi connectivity index (χ4n) is 5.31. The predicted octanol–water partition coefficient (Wildman–Crippen LogP) is 6.22. The molecule has 11 N–H and O–H groups in total. The molecule has 1 heterocycles.